The number of methoxy groups -OCH3 is 4. The van der Waals surface area contributed by atoms with Crippen LogP contribution in [-0.4, -0.2) is 49.3 Å². The first-order chi connectivity index (χ1) is 17.2. The molecule has 0 unspecified atom stereocenters. The summed E-state index contributed by atoms with van der Waals surface area (Å²) < 4.78 is 63.5. The van der Waals surface area contributed by atoms with Gasteiger partial charge in [0.05, 0.1) is 49.7 Å². The second-order valence-corrected chi connectivity index (χ2v) is 9.48. The van der Waals surface area contributed by atoms with Crippen LogP contribution >= 0.6 is 11.6 Å². The molecule has 1 N–H and O–H groups in total. The summed E-state index contributed by atoms with van der Waals surface area (Å²) in [5, 5.41) is 2.82. The van der Waals surface area contributed by atoms with E-state index in [9.17, 15) is 17.6 Å². The van der Waals surface area contributed by atoms with Gasteiger partial charge >= 0.3 is 0 Å². The molecule has 36 heavy (non-hydrogen) atoms. The van der Waals surface area contributed by atoms with E-state index in [1.165, 1.54) is 77.0 Å². The van der Waals surface area contributed by atoms with Crippen LogP contribution in [0.25, 0.3) is 0 Å². The fourth-order valence-corrected chi connectivity index (χ4v) is 5.01. The molecule has 192 valence electrons. The number of hydrogen-bond acceptors (Lipinski definition) is 7. The van der Waals surface area contributed by atoms with Crippen molar-refractivity contribution in [3.05, 3.63) is 65.4 Å². The smallest absolute Gasteiger partial charge is 0.265 e. The Kier molecular flexibility index (Phi) is 8.49. The Hall–Kier alpha value is -3.70. The molecule has 0 heterocycles. The largest absolute Gasteiger partial charge is 0.495 e. The second-order valence-electron chi connectivity index (χ2n) is 7.22. The third-order valence-corrected chi connectivity index (χ3v) is 7.15. The molecule has 3 aromatic carbocycles. The van der Waals surface area contributed by atoms with E-state index in [-0.39, 0.29) is 38.5 Å². The molecular weight excluding hydrogens is 515 g/mol. The van der Waals surface area contributed by atoms with Crippen molar-refractivity contribution >= 4 is 38.9 Å². The van der Waals surface area contributed by atoms with Crippen LogP contribution in [0.15, 0.2) is 59.5 Å². The molecule has 0 fully saturated rings. The maximum Gasteiger partial charge on any atom is 0.265 e. The molecule has 0 aliphatic carbocycles. The van der Waals surface area contributed by atoms with E-state index in [0.29, 0.717) is 10.1 Å². The number of amides is 1. The molecule has 0 aromatic heterocycles. The molecular formula is C24H24ClFN2O7S. The highest BCUT2D eigenvalue weighted by Crippen LogP contribution is 2.36. The predicted octanol–water partition coefficient (Wildman–Crippen LogP) is 4.35. The molecule has 0 bridgehead atoms. The first kappa shape index (κ1) is 26.9. The number of rotatable bonds is 10. The Morgan fingerprint density at radius 1 is 0.889 bits per heavy atom. The Morgan fingerprint density at radius 2 is 1.53 bits per heavy atom. The Morgan fingerprint density at radius 3 is 2.14 bits per heavy atom. The molecule has 0 radical (unpaired) electrons. The van der Waals surface area contributed by atoms with Crippen LogP contribution in [0.3, 0.4) is 0 Å². The average Bonchev–Trinajstić information content (AvgIpc) is 2.87. The van der Waals surface area contributed by atoms with Crippen molar-refractivity contribution in [3.63, 3.8) is 0 Å². The Bertz CT molecular complexity index is 1370. The third kappa shape index (κ3) is 5.58. The molecule has 0 aliphatic rings. The van der Waals surface area contributed by atoms with Crippen LogP contribution in [0.5, 0.6) is 23.0 Å². The molecule has 0 spiro atoms. The molecule has 0 saturated carbocycles. The molecule has 9 nitrogen and oxygen atoms in total. The lowest BCUT2D eigenvalue weighted by Crippen LogP contribution is -2.38. The van der Waals surface area contributed by atoms with Crippen molar-refractivity contribution in [3.8, 4) is 23.0 Å². The number of nitrogens with one attached hydrogen (secondary N) is 1. The zero-order chi connectivity index (χ0) is 26.5. The average molecular weight is 539 g/mol. The van der Waals surface area contributed by atoms with E-state index in [1.54, 1.807) is 0 Å². The zero-order valence-corrected chi connectivity index (χ0v) is 21.4. The summed E-state index contributed by atoms with van der Waals surface area (Å²) in [5.41, 5.74) is -0.135. The van der Waals surface area contributed by atoms with Gasteiger partial charge in [-0.3, -0.25) is 9.10 Å². The highest BCUT2D eigenvalue weighted by molar-refractivity contribution is 7.92. The van der Waals surface area contributed by atoms with Gasteiger partial charge in [-0.25, -0.2) is 12.8 Å². The van der Waals surface area contributed by atoms with Crippen LogP contribution in [0.1, 0.15) is 0 Å². The summed E-state index contributed by atoms with van der Waals surface area (Å²) in [6.45, 7) is -0.758. The lowest BCUT2D eigenvalue weighted by Gasteiger charge is -2.25. The molecule has 3 aromatic rings. The fourth-order valence-electron chi connectivity index (χ4n) is 3.34. The van der Waals surface area contributed by atoms with E-state index < -0.39 is 28.3 Å². The van der Waals surface area contributed by atoms with Crippen molar-refractivity contribution in [1.82, 2.24) is 0 Å². The van der Waals surface area contributed by atoms with Crippen LogP contribution in [0, 0.1) is 5.82 Å². The minimum atomic E-state index is -4.44. The molecule has 0 saturated heterocycles. The lowest BCUT2D eigenvalue weighted by molar-refractivity contribution is -0.114. The van der Waals surface area contributed by atoms with Crippen LogP contribution in [0.4, 0.5) is 15.8 Å². The molecule has 3 rings (SSSR count). The van der Waals surface area contributed by atoms with Crippen LogP contribution in [0.2, 0.25) is 5.02 Å². The third-order valence-electron chi connectivity index (χ3n) is 5.10. The van der Waals surface area contributed by atoms with Gasteiger partial charge in [0.2, 0.25) is 5.91 Å². The highest BCUT2D eigenvalue weighted by Gasteiger charge is 2.30. The molecule has 12 heteroatoms. The molecule has 1 amide bonds. The van der Waals surface area contributed by atoms with Crippen molar-refractivity contribution in [2.45, 2.75) is 4.90 Å². The van der Waals surface area contributed by atoms with E-state index in [0.717, 1.165) is 6.07 Å². The number of sulfonamides is 1. The molecule has 0 atom stereocenters. The maximum atomic E-state index is 14.8. The summed E-state index contributed by atoms with van der Waals surface area (Å²) in [7, 11) is 1.09. The summed E-state index contributed by atoms with van der Waals surface area (Å²) in [6.07, 6.45) is 0. The normalized spacial score (nSPS) is 10.9. The fraction of sp³-hybridized carbons (Fsp3) is 0.208. The number of para-hydroxylation sites is 1. The van der Waals surface area contributed by atoms with Gasteiger partial charge in [0.15, 0.2) is 11.5 Å². The number of carbonyl (C=O) groups is 1. The number of anilines is 2. The van der Waals surface area contributed by atoms with Gasteiger partial charge in [-0.2, -0.15) is 0 Å². The second kappa shape index (κ2) is 11.4. The van der Waals surface area contributed by atoms with E-state index >= 15 is 0 Å². The summed E-state index contributed by atoms with van der Waals surface area (Å²) in [5.74, 6) is -0.680. The van der Waals surface area contributed by atoms with E-state index in [4.69, 9.17) is 30.5 Å². The predicted molar refractivity (Wildman–Crippen MR) is 134 cm³/mol. The van der Waals surface area contributed by atoms with Gasteiger partial charge in [-0.15, -0.1) is 0 Å². The van der Waals surface area contributed by atoms with Gasteiger partial charge in [-0.05, 0) is 24.3 Å². The summed E-state index contributed by atoms with van der Waals surface area (Å²) in [4.78, 5) is 12.8. The van der Waals surface area contributed by atoms with Gasteiger partial charge < -0.3 is 24.3 Å². The number of hydrogen-bond donors (Lipinski definition) is 1. The van der Waals surface area contributed by atoms with Gasteiger partial charge in [0.1, 0.15) is 23.9 Å². The number of ether oxygens (including phenoxy) is 4. The number of carbonyl (C=O) groups excluding carboxylic acids is 1. The number of halogens is 2. The van der Waals surface area contributed by atoms with Crippen molar-refractivity contribution in [2.24, 2.45) is 0 Å². The summed E-state index contributed by atoms with van der Waals surface area (Å²) >= 11 is 6.11. The van der Waals surface area contributed by atoms with Gasteiger partial charge in [0.25, 0.3) is 10.0 Å². The van der Waals surface area contributed by atoms with Gasteiger partial charge in [-0.1, -0.05) is 23.7 Å². The van der Waals surface area contributed by atoms with Crippen LogP contribution in [-0.2, 0) is 14.8 Å². The first-order valence-electron chi connectivity index (χ1n) is 10.4. The number of benzene rings is 3. The number of nitrogens with zero attached hydrogens (tertiary/aromatic N) is 1. The molecule has 0 aliphatic heterocycles. The standard InChI is InChI=1S/C24H24ClFN2O7S/c1-32-20-10-9-15(11-23(20)35-4)36(30,31)28(19-8-6-5-7-17(19)26)14-24(29)27-18-13-21(33-2)16(25)12-22(18)34-3/h5-13H,14H2,1-4H3,(H,27,29). The zero-order valence-electron chi connectivity index (χ0n) is 19.9. The quantitative estimate of drug-likeness (QED) is 0.409. The topological polar surface area (TPSA) is 103 Å². The van der Waals surface area contributed by atoms with Gasteiger partial charge in [0, 0.05) is 18.2 Å². The van der Waals surface area contributed by atoms with Crippen molar-refractivity contribution in [2.75, 3.05) is 44.6 Å². The van der Waals surface area contributed by atoms with Crippen LogP contribution < -0.4 is 28.6 Å². The maximum absolute atomic E-state index is 14.8. The summed E-state index contributed by atoms with van der Waals surface area (Å²) in [6, 6.07) is 12.0. The first-order valence-corrected chi connectivity index (χ1v) is 12.2. The lowest BCUT2D eigenvalue weighted by atomic mass is 10.2. The van der Waals surface area contributed by atoms with Crippen molar-refractivity contribution < 1.29 is 36.6 Å². The monoisotopic (exact) mass is 538 g/mol. The Labute approximate surface area is 213 Å². The van der Waals surface area contributed by atoms with Crippen molar-refractivity contribution in [1.29, 1.82) is 0 Å². The highest BCUT2D eigenvalue weighted by atomic mass is 35.5. The minimum Gasteiger partial charge on any atom is -0.495 e. The minimum absolute atomic E-state index is 0.148. The Balaban J connectivity index is 2.03. The SMILES string of the molecule is COc1cc(NC(=O)CN(c2ccccc2F)S(=O)(=O)c2ccc(OC)c(OC)c2)c(OC)cc1Cl. The van der Waals surface area contributed by atoms with E-state index in [1.807, 2.05) is 0 Å². The van der Waals surface area contributed by atoms with E-state index in [2.05, 4.69) is 5.32 Å².